The number of carboxylic acid groups (broad SMARTS) is 1. The quantitative estimate of drug-likeness (QED) is 0.388. The van der Waals surface area contributed by atoms with E-state index in [0.29, 0.717) is 0 Å². The molecule has 0 aliphatic rings. The van der Waals surface area contributed by atoms with Crippen LogP contribution >= 0.6 is 7.37 Å². The van der Waals surface area contributed by atoms with Gasteiger partial charge in [0, 0.05) is 12.8 Å². The topological polar surface area (TPSA) is 101 Å². The van der Waals surface area contributed by atoms with Gasteiger partial charge in [-0.3, -0.25) is 9.36 Å². The van der Waals surface area contributed by atoms with Gasteiger partial charge in [0.25, 0.3) is 0 Å². The van der Waals surface area contributed by atoms with Gasteiger partial charge < -0.3 is 15.7 Å². The standard InChI is InChI=1S/C5H12NO4P.Al.3H/c1-11(9,10)3-2-4(6)5(7)8;;;;/h4H,2-3,6H2,1H3,(H,7,8)(H,9,10);;;;. The van der Waals surface area contributed by atoms with Crippen LogP contribution in [0.1, 0.15) is 6.42 Å². The van der Waals surface area contributed by atoms with E-state index in [-0.39, 0.29) is 29.9 Å². The van der Waals surface area contributed by atoms with Gasteiger partial charge in [-0.05, 0) is 6.42 Å². The first-order valence-electron chi connectivity index (χ1n) is 3.10. The summed E-state index contributed by atoms with van der Waals surface area (Å²) in [6.45, 7) is 1.18. The Labute approximate surface area is 81.5 Å². The number of carboxylic acids is 1. The summed E-state index contributed by atoms with van der Waals surface area (Å²) < 4.78 is 10.6. The summed E-state index contributed by atoms with van der Waals surface area (Å²) in [7, 11) is -3.10. The number of aliphatic carboxylic acids is 1. The largest absolute Gasteiger partial charge is 0.480 e. The van der Waals surface area contributed by atoms with E-state index >= 15 is 0 Å². The first-order valence-corrected chi connectivity index (χ1v) is 5.40. The lowest BCUT2D eigenvalue weighted by atomic mass is 10.2. The molecule has 0 aliphatic heterocycles. The fraction of sp³-hybridized carbons (Fsp3) is 0.800. The summed E-state index contributed by atoms with van der Waals surface area (Å²) in [5.74, 6) is -1.14. The number of hydrogen-bond donors (Lipinski definition) is 3. The molecule has 0 spiro atoms. The molecule has 7 heteroatoms. The van der Waals surface area contributed by atoms with Gasteiger partial charge in [0.15, 0.2) is 24.7 Å². The fourth-order valence-electron chi connectivity index (χ4n) is 0.502. The second-order valence-electron chi connectivity index (χ2n) is 2.51. The summed E-state index contributed by atoms with van der Waals surface area (Å²) in [4.78, 5) is 18.9. The molecule has 0 aliphatic carbocycles. The summed E-state index contributed by atoms with van der Waals surface area (Å²) in [6.07, 6.45) is 0.0000772. The van der Waals surface area contributed by atoms with Crippen LogP contribution < -0.4 is 5.73 Å². The molecular formula is C5H15AlNO4P. The molecule has 0 bridgehead atoms. The number of carbonyl (C=O) groups is 1. The van der Waals surface area contributed by atoms with Crippen molar-refractivity contribution in [1.82, 2.24) is 0 Å². The van der Waals surface area contributed by atoms with E-state index in [1.807, 2.05) is 0 Å². The fourth-order valence-corrected chi connectivity index (χ4v) is 1.26. The number of hydrogen-bond acceptors (Lipinski definition) is 3. The van der Waals surface area contributed by atoms with Crippen LogP contribution in [0.5, 0.6) is 0 Å². The minimum absolute atomic E-state index is 0. The number of rotatable bonds is 4. The molecule has 0 aromatic carbocycles. The van der Waals surface area contributed by atoms with Crippen LogP contribution in [0.15, 0.2) is 0 Å². The Morgan fingerprint density at radius 2 is 2.08 bits per heavy atom. The van der Waals surface area contributed by atoms with E-state index in [9.17, 15) is 9.36 Å². The van der Waals surface area contributed by atoms with Crippen molar-refractivity contribution < 1.29 is 19.4 Å². The van der Waals surface area contributed by atoms with Gasteiger partial charge in [0.05, 0.1) is 0 Å². The molecule has 0 aromatic rings. The molecule has 5 nitrogen and oxygen atoms in total. The highest BCUT2D eigenvalue weighted by atomic mass is 31.2. The first-order chi connectivity index (χ1) is 4.83. The van der Waals surface area contributed by atoms with Crippen molar-refractivity contribution in [1.29, 1.82) is 0 Å². The highest BCUT2D eigenvalue weighted by molar-refractivity contribution is 7.57. The maximum absolute atomic E-state index is 10.6. The molecule has 0 fully saturated rings. The van der Waals surface area contributed by atoms with Crippen LogP contribution in [-0.2, 0) is 9.36 Å². The Bertz CT molecular complexity index is 192. The zero-order valence-electron chi connectivity index (χ0n) is 6.23. The van der Waals surface area contributed by atoms with Crippen molar-refractivity contribution in [3.05, 3.63) is 0 Å². The Morgan fingerprint density at radius 3 is 2.33 bits per heavy atom. The van der Waals surface area contributed by atoms with Crippen LogP contribution in [-0.4, -0.2) is 52.2 Å². The average molecular weight is 211 g/mol. The highest BCUT2D eigenvalue weighted by Crippen LogP contribution is 2.35. The second kappa shape index (κ2) is 5.74. The van der Waals surface area contributed by atoms with Gasteiger partial charge >= 0.3 is 5.97 Å². The Morgan fingerprint density at radius 1 is 1.67 bits per heavy atom. The third kappa shape index (κ3) is 8.25. The van der Waals surface area contributed by atoms with Crippen molar-refractivity contribution in [3.63, 3.8) is 0 Å². The first kappa shape index (κ1) is 14.7. The molecule has 0 amide bonds. The third-order valence-corrected chi connectivity index (χ3v) is 2.26. The zero-order valence-corrected chi connectivity index (χ0v) is 7.12. The van der Waals surface area contributed by atoms with Crippen LogP contribution in [0.2, 0.25) is 0 Å². The van der Waals surface area contributed by atoms with Crippen LogP contribution in [0.25, 0.3) is 0 Å². The predicted octanol–water partition coefficient (Wildman–Crippen LogP) is -1.50. The molecule has 0 saturated heterocycles. The van der Waals surface area contributed by atoms with Crippen LogP contribution in [0, 0.1) is 0 Å². The minimum Gasteiger partial charge on any atom is -0.480 e. The van der Waals surface area contributed by atoms with E-state index in [0.717, 1.165) is 0 Å². The summed E-state index contributed by atoms with van der Waals surface area (Å²) in [5, 5.41) is 8.28. The van der Waals surface area contributed by atoms with Gasteiger partial charge in [-0.1, -0.05) is 0 Å². The molecule has 12 heavy (non-hydrogen) atoms. The molecule has 2 unspecified atom stereocenters. The van der Waals surface area contributed by atoms with Gasteiger partial charge in [-0.15, -0.1) is 0 Å². The maximum atomic E-state index is 10.6. The molecule has 0 heterocycles. The van der Waals surface area contributed by atoms with Crippen molar-refractivity contribution in [3.8, 4) is 0 Å². The van der Waals surface area contributed by atoms with E-state index in [1.165, 1.54) is 6.66 Å². The highest BCUT2D eigenvalue weighted by Gasteiger charge is 2.16. The van der Waals surface area contributed by atoms with Gasteiger partial charge in [-0.2, -0.15) is 0 Å². The molecule has 0 rings (SSSR count). The predicted molar refractivity (Wildman–Crippen MR) is 50.8 cm³/mol. The number of nitrogens with two attached hydrogens (primary N) is 1. The lowest BCUT2D eigenvalue weighted by molar-refractivity contribution is -0.138. The van der Waals surface area contributed by atoms with Gasteiger partial charge in [-0.25, -0.2) is 0 Å². The van der Waals surface area contributed by atoms with E-state index in [2.05, 4.69) is 0 Å². The van der Waals surface area contributed by atoms with Crippen molar-refractivity contribution >= 4 is 30.7 Å². The van der Waals surface area contributed by atoms with E-state index in [1.54, 1.807) is 0 Å². The summed E-state index contributed by atoms with van der Waals surface area (Å²) >= 11 is 0. The van der Waals surface area contributed by atoms with Crippen LogP contribution in [0.3, 0.4) is 0 Å². The maximum Gasteiger partial charge on any atom is 0.320 e. The van der Waals surface area contributed by atoms with Crippen molar-refractivity contribution in [2.24, 2.45) is 5.73 Å². The normalized spacial score (nSPS) is 17.2. The molecule has 0 saturated carbocycles. The molecule has 2 atom stereocenters. The summed E-state index contributed by atoms with van der Waals surface area (Å²) in [6, 6.07) is -1.03. The Balaban J connectivity index is 0. The lowest BCUT2D eigenvalue weighted by Crippen LogP contribution is -2.30. The molecule has 4 N–H and O–H groups in total. The van der Waals surface area contributed by atoms with Crippen LogP contribution in [0.4, 0.5) is 0 Å². The molecular weight excluding hydrogens is 196 g/mol. The molecule has 0 aromatic heterocycles. The average Bonchev–Trinajstić information content (AvgIpc) is 1.80. The second-order valence-corrected chi connectivity index (χ2v) is 5.06. The smallest absolute Gasteiger partial charge is 0.320 e. The third-order valence-electron chi connectivity index (χ3n) is 1.17. The van der Waals surface area contributed by atoms with Gasteiger partial charge in [0.1, 0.15) is 6.04 Å². The monoisotopic (exact) mass is 211 g/mol. The van der Waals surface area contributed by atoms with Crippen molar-refractivity contribution in [2.45, 2.75) is 12.5 Å². The lowest BCUT2D eigenvalue weighted by Gasteiger charge is -2.07. The van der Waals surface area contributed by atoms with E-state index in [4.69, 9.17) is 15.7 Å². The zero-order chi connectivity index (χ0) is 9.07. The van der Waals surface area contributed by atoms with Crippen molar-refractivity contribution in [2.75, 3.05) is 12.8 Å². The molecule has 72 valence electrons. The summed E-state index contributed by atoms with van der Waals surface area (Å²) in [5.41, 5.74) is 5.09. The Hall–Kier alpha value is 0.152. The Kier molecular flexibility index (Phi) is 7.01. The minimum atomic E-state index is -3.10. The van der Waals surface area contributed by atoms with Gasteiger partial charge in [0.2, 0.25) is 0 Å². The SMILES string of the molecule is CP(=O)(O)CCC(N)C(=O)O.[AlH3]. The van der Waals surface area contributed by atoms with E-state index < -0.39 is 19.4 Å². The molecule has 0 radical (unpaired) electrons.